The average molecular weight is 458 g/mol. The largest absolute Gasteiger partial charge is 0.490 e. The number of rotatable bonds is 8. The van der Waals surface area contributed by atoms with Crippen molar-refractivity contribution in [2.75, 3.05) is 19.0 Å². The van der Waals surface area contributed by atoms with Gasteiger partial charge in [-0.25, -0.2) is 4.79 Å². The van der Waals surface area contributed by atoms with Gasteiger partial charge < -0.3 is 19.5 Å². The zero-order valence-corrected chi connectivity index (χ0v) is 17.6. The van der Waals surface area contributed by atoms with Gasteiger partial charge in [0.2, 0.25) is 5.91 Å². The highest BCUT2D eigenvalue weighted by Crippen LogP contribution is 2.33. The molecule has 1 saturated heterocycles. The molecule has 27 heavy (non-hydrogen) atoms. The maximum atomic E-state index is 11.7. The van der Waals surface area contributed by atoms with Crippen molar-refractivity contribution >= 4 is 51.0 Å². The van der Waals surface area contributed by atoms with Gasteiger partial charge in [-0.2, -0.15) is 5.10 Å². The maximum absolute atomic E-state index is 11.7. The fraction of sp³-hybridized carbons (Fsp3) is 0.412. The summed E-state index contributed by atoms with van der Waals surface area (Å²) in [5.74, 6) is 0.673. The molecule has 0 spiro atoms. The van der Waals surface area contributed by atoms with Gasteiger partial charge in [0.1, 0.15) is 0 Å². The Bertz CT molecular complexity index is 767. The van der Waals surface area contributed by atoms with Gasteiger partial charge in [-0.15, -0.1) is 5.10 Å². The topological polar surface area (TPSA) is 98.6 Å². The van der Waals surface area contributed by atoms with E-state index in [1.807, 2.05) is 6.92 Å². The molecule has 2 rings (SSSR count). The van der Waals surface area contributed by atoms with Gasteiger partial charge in [-0.3, -0.25) is 4.79 Å². The molecule has 0 unspecified atom stereocenters. The Morgan fingerprint density at radius 1 is 1.37 bits per heavy atom. The summed E-state index contributed by atoms with van der Waals surface area (Å²) < 4.78 is 16.9. The minimum atomic E-state index is -0.457. The van der Waals surface area contributed by atoms with Crippen molar-refractivity contribution in [1.29, 1.82) is 0 Å². The Morgan fingerprint density at radius 3 is 2.74 bits per heavy atom. The van der Waals surface area contributed by atoms with E-state index < -0.39 is 5.97 Å². The molecule has 1 heterocycles. The van der Waals surface area contributed by atoms with Gasteiger partial charge in [0.05, 0.1) is 24.7 Å². The fourth-order valence-corrected chi connectivity index (χ4v) is 3.04. The highest BCUT2D eigenvalue weighted by atomic mass is 79.9. The van der Waals surface area contributed by atoms with E-state index in [0.717, 1.165) is 0 Å². The van der Waals surface area contributed by atoms with Crippen LogP contribution in [-0.4, -0.2) is 48.3 Å². The van der Waals surface area contributed by atoms with E-state index in [1.54, 1.807) is 26.0 Å². The van der Waals surface area contributed by atoms with Crippen molar-refractivity contribution in [2.45, 2.75) is 26.9 Å². The molecule has 0 saturated carbocycles. The Labute approximate surface area is 169 Å². The smallest absolute Gasteiger partial charge is 0.344 e. The van der Waals surface area contributed by atoms with Crippen LogP contribution in [0.15, 0.2) is 26.8 Å². The third-order valence-corrected chi connectivity index (χ3v) is 4.56. The lowest BCUT2D eigenvalue weighted by Gasteiger charge is -2.14. The van der Waals surface area contributed by atoms with Crippen molar-refractivity contribution < 1.29 is 23.8 Å². The number of esters is 1. The van der Waals surface area contributed by atoms with Crippen LogP contribution in [0.3, 0.4) is 0 Å². The number of benzene rings is 1. The predicted octanol–water partition coefficient (Wildman–Crippen LogP) is 2.73. The number of carbonyl (C=O) groups is 2. The average Bonchev–Trinajstić information content (AvgIpc) is 3.01. The van der Waals surface area contributed by atoms with Crippen LogP contribution in [0.4, 0.5) is 0 Å². The molecule has 1 aromatic carbocycles. The summed E-state index contributed by atoms with van der Waals surface area (Å²) in [6.07, 6.45) is 1.32. The molecule has 1 aliphatic rings. The van der Waals surface area contributed by atoms with E-state index in [9.17, 15) is 9.59 Å². The number of ether oxygens (including phenoxy) is 3. The lowest BCUT2D eigenvalue weighted by Crippen LogP contribution is -2.19. The molecule has 146 valence electrons. The highest BCUT2D eigenvalue weighted by molar-refractivity contribution is 9.10. The monoisotopic (exact) mass is 457 g/mol. The molecule has 1 N–H and O–H groups in total. The second-order valence-corrected chi connectivity index (χ2v) is 7.39. The van der Waals surface area contributed by atoms with Crippen LogP contribution in [0.5, 0.6) is 11.5 Å². The van der Waals surface area contributed by atoms with Crippen LogP contribution in [0.1, 0.15) is 26.3 Å². The van der Waals surface area contributed by atoms with Crippen molar-refractivity contribution in [3.05, 3.63) is 22.2 Å². The van der Waals surface area contributed by atoms with E-state index in [4.69, 9.17) is 14.2 Å². The quantitative estimate of drug-likeness (QED) is 0.366. The van der Waals surface area contributed by atoms with Crippen molar-refractivity contribution in [2.24, 2.45) is 10.2 Å². The summed E-state index contributed by atoms with van der Waals surface area (Å²) in [6, 6.07) is 3.41. The molecule has 8 nitrogen and oxygen atoms in total. The molecule has 0 aromatic heterocycles. The predicted molar refractivity (Wildman–Crippen MR) is 108 cm³/mol. The number of hydrogen-bond acceptors (Lipinski definition) is 8. The second kappa shape index (κ2) is 10.3. The summed E-state index contributed by atoms with van der Waals surface area (Å²) in [5, 5.41) is 11.0. The Kier molecular flexibility index (Phi) is 8.11. The first-order valence-electron chi connectivity index (χ1n) is 8.21. The number of amides is 1. The first-order chi connectivity index (χ1) is 12.9. The first kappa shape index (κ1) is 21.2. The Morgan fingerprint density at radius 2 is 2.11 bits per heavy atom. The third-order valence-electron chi connectivity index (χ3n) is 3.01. The summed E-state index contributed by atoms with van der Waals surface area (Å²) in [5.41, 5.74) is 0.703. The Balaban J connectivity index is 2.12. The van der Waals surface area contributed by atoms with Crippen LogP contribution in [0, 0.1) is 0 Å². The van der Waals surface area contributed by atoms with Gasteiger partial charge in [0.15, 0.2) is 23.3 Å². The number of halogens is 1. The van der Waals surface area contributed by atoms with Crippen molar-refractivity contribution in [1.82, 2.24) is 5.32 Å². The number of hydrogen-bond donors (Lipinski definition) is 1. The van der Waals surface area contributed by atoms with Crippen LogP contribution >= 0.6 is 27.7 Å². The summed E-state index contributed by atoms with van der Waals surface area (Å²) in [7, 11) is 0. The molecule has 1 aromatic rings. The summed E-state index contributed by atoms with van der Waals surface area (Å²) in [4.78, 5) is 22.8. The highest BCUT2D eigenvalue weighted by Gasteiger charge is 2.16. The molecule has 0 radical (unpaired) electrons. The number of amidine groups is 1. The van der Waals surface area contributed by atoms with E-state index in [-0.39, 0.29) is 18.6 Å². The third kappa shape index (κ3) is 6.87. The summed E-state index contributed by atoms with van der Waals surface area (Å²) in [6.45, 7) is 5.59. The number of nitrogens with one attached hydrogen (secondary N) is 1. The zero-order valence-electron chi connectivity index (χ0n) is 15.2. The van der Waals surface area contributed by atoms with E-state index in [0.29, 0.717) is 39.1 Å². The van der Waals surface area contributed by atoms with Crippen LogP contribution < -0.4 is 14.8 Å². The van der Waals surface area contributed by atoms with E-state index in [1.165, 1.54) is 18.0 Å². The van der Waals surface area contributed by atoms with Crippen molar-refractivity contribution in [3.63, 3.8) is 0 Å². The van der Waals surface area contributed by atoms with Gasteiger partial charge in [0, 0.05) is 10.0 Å². The standard InChI is InChI=1S/C17H20BrN3O5S/c1-4-24-13-5-11(7-19-21-17-20-15(22)9-27-17)12(18)6-14(13)25-8-16(23)26-10(2)3/h5-7,10H,4,8-9H2,1-3H3,(H,20,21,22). The molecule has 0 atom stereocenters. The molecular weight excluding hydrogens is 438 g/mol. The Hall–Kier alpha value is -2.07. The number of thioether (sulfide) groups is 1. The second-order valence-electron chi connectivity index (χ2n) is 5.57. The molecule has 1 aliphatic heterocycles. The fourth-order valence-electron chi connectivity index (χ4n) is 1.99. The normalized spacial score (nSPS) is 15.4. The zero-order chi connectivity index (χ0) is 19.8. The van der Waals surface area contributed by atoms with Gasteiger partial charge in [-0.05, 0) is 48.8 Å². The van der Waals surface area contributed by atoms with Crippen molar-refractivity contribution in [3.8, 4) is 11.5 Å². The minimum absolute atomic E-state index is 0.0914. The molecular formula is C17H20BrN3O5S. The molecule has 10 heteroatoms. The first-order valence-corrected chi connectivity index (χ1v) is 9.99. The molecule has 0 aliphatic carbocycles. The SMILES string of the molecule is CCOc1cc(C=NN=C2NC(=O)CS2)c(Br)cc1OCC(=O)OC(C)C. The van der Waals surface area contributed by atoms with E-state index >= 15 is 0 Å². The minimum Gasteiger partial charge on any atom is -0.490 e. The molecule has 1 fully saturated rings. The molecule has 1 amide bonds. The van der Waals surface area contributed by atoms with Crippen LogP contribution in [0.2, 0.25) is 0 Å². The number of nitrogens with zero attached hydrogens (tertiary/aromatic N) is 2. The van der Waals surface area contributed by atoms with Gasteiger partial charge in [0.25, 0.3) is 0 Å². The van der Waals surface area contributed by atoms with Gasteiger partial charge in [-0.1, -0.05) is 11.8 Å². The maximum Gasteiger partial charge on any atom is 0.344 e. The number of carbonyl (C=O) groups excluding carboxylic acids is 2. The summed E-state index contributed by atoms with van der Waals surface area (Å²) >= 11 is 4.73. The lowest BCUT2D eigenvalue weighted by molar-refractivity contribution is -0.149. The molecule has 0 bridgehead atoms. The van der Waals surface area contributed by atoms with E-state index in [2.05, 4.69) is 31.4 Å². The lowest BCUT2D eigenvalue weighted by atomic mass is 10.2. The van der Waals surface area contributed by atoms with Crippen LogP contribution in [0.25, 0.3) is 0 Å². The van der Waals surface area contributed by atoms with Crippen LogP contribution in [-0.2, 0) is 14.3 Å². The van der Waals surface area contributed by atoms with Gasteiger partial charge >= 0.3 is 5.97 Å².